The van der Waals surface area contributed by atoms with Gasteiger partial charge in [0.15, 0.2) is 5.82 Å². The van der Waals surface area contributed by atoms with Crippen LogP contribution in [0.5, 0.6) is 0 Å². The maximum Gasteiger partial charge on any atom is 0.252 e. The summed E-state index contributed by atoms with van der Waals surface area (Å²) in [5.41, 5.74) is 2.43. The monoisotopic (exact) mass is 481 g/mol. The number of rotatable bonds is 8. The molecule has 1 N–H and O–H groups in total. The first-order valence-electron chi connectivity index (χ1n) is 12.6. The van der Waals surface area contributed by atoms with Crippen molar-refractivity contribution in [3.63, 3.8) is 0 Å². The van der Waals surface area contributed by atoms with Gasteiger partial charge in [-0.2, -0.15) is 0 Å². The highest BCUT2D eigenvalue weighted by Crippen LogP contribution is 2.31. The summed E-state index contributed by atoms with van der Waals surface area (Å²) in [5.74, 6) is 1.08. The predicted molar refractivity (Wildman–Crippen MR) is 137 cm³/mol. The minimum Gasteiger partial charge on any atom is -0.379 e. The molecule has 2 aromatic heterocycles. The topological polar surface area (TPSA) is 92.2 Å². The van der Waals surface area contributed by atoms with Crippen molar-refractivity contribution < 1.29 is 4.74 Å². The molecule has 0 spiro atoms. The van der Waals surface area contributed by atoms with E-state index in [0.29, 0.717) is 6.54 Å². The van der Waals surface area contributed by atoms with Gasteiger partial charge in [-0.1, -0.05) is 32.0 Å². The first kappa shape index (κ1) is 25.5. The van der Waals surface area contributed by atoms with Gasteiger partial charge in [0.05, 0.1) is 30.3 Å². The van der Waals surface area contributed by atoms with Crippen molar-refractivity contribution in [2.24, 2.45) is 5.92 Å². The second-order valence-corrected chi connectivity index (χ2v) is 10.9. The molecule has 0 bridgehead atoms. The molecule has 1 atom stereocenters. The normalized spacial score (nSPS) is 16.5. The van der Waals surface area contributed by atoms with E-state index in [1.807, 2.05) is 29.8 Å². The maximum atomic E-state index is 13.2. The number of ether oxygens (including phenoxy) is 1. The number of aryl methyl sites for hydroxylation is 1. The fourth-order valence-corrected chi connectivity index (χ4v) is 4.92. The number of benzene rings is 1. The minimum absolute atomic E-state index is 0.0407. The molecule has 3 heterocycles. The van der Waals surface area contributed by atoms with Crippen LogP contribution in [0.1, 0.15) is 57.6 Å². The first-order chi connectivity index (χ1) is 16.6. The zero-order chi connectivity index (χ0) is 25.2. The third kappa shape index (κ3) is 5.79. The molecular weight excluding hydrogens is 442 g/mol. The number of H-pyrrole nitrogens is 1. The molecule has 1 saturated heterocycles. The van der Waals surface area contributed by atoms with E-state index in [0.717, 1.165) is 67.2 Å². The molecule has 0 saturated carbocycles. The van der Waals surface area contributed by atoms with Crippen molar-refractivity contribution in [3.8, 4) is 0 Å². The molecule has 0 radical (unpaired) electrons. The molecule has 0 amide bonds. The number of nitrogens with zero attached hydrogens (tertiary/aromatic N) is 6. The van der Waals surface area contributed by atoms with Crippen molar-refractivity contribution in [2.45, 2.75) is 59.7 Å². The summed E-state index contributed by atoms with van der Waals surface area (Å²) in [6.07, 6.45) is 0. The Morgan fingerprint density at radius 3 is 2.63 bits per heavy atom. The summed E-state index contributed by atoms with van der Waals surface area (Å²) < 4.78 is 7.46. The lowest BCUT2D eigenvalue weighted by Crippen LogP contribution is -2.44. The summed E-state index contributed by atoms with van der Waals surface area (Å²) in [5, 5.41) is 13.9. The molecule has 0 aliphatic carbocycles. The van der Waals surface area contributed by atoms with Gasteiger partial charge in [-0.3, -0.25) is 14.6 Å². The molecule has 4 rings (SSSR count). The van der Waals surface area contributed by atoms with Gasteiger partial charge in [-0.25, -0.2) is 4.68 Å². The molecule has 35 heavy (non-hydrogen) atoms. The Kier molecular flexibility index (Phi) is 7.68. The van der Waals surface area contributed by atoms with Crippen LogP contribution in [0.15, 0.2) is 29.1 Å². The van der Waals surface area contributed by atoms with E-state index in [2.05, 4.69) is 71.0 Å². The Morgan fingerprint density at radius 2 is 1.94 bits per heavy atom. The zero-order valence-electron chi connectivity index (χ0n) is 21.9. The number of tetrazole rings is 1. The lowest BCUT2D eigenvalue weighted by molar-refractivity contribution is 0.0265. The second-order valence-electron chi connectivity index (χ2n) is 10.9. The highest BCUT2D eigenvalue weighted by Gasteiger charge is 2.33. The summed E-state index contributed by atoms with van der Waals surface area (Å²) >= 11 is 0. The standard InChI is InChI=1S/C26H39N7O2/c1-18(2)23(24-28-29-30-33(24)26(4,5)6)32(11-10-31-12-14-35-15-13-31)17-21-16-20-9-7-8-19(3)22(20)27-25(21)34/h7-9,16,18,23H,10-15,17H2,1-6H3,(H,27,34). The summed E-state index contributed by atoms with van der Waals surface area (Å²) in [6, 6.07) is 8.10. The largest absolute Gasteiger partial charge is 0.379 e. The van der Waals surface area contributed by atoms with Crippen LogP contribution < -0.4 is 5.56 Å². The highest BCUT2D eigenvalue weighted by molar-refractivity contribution is 5.81. The number of para-hydroxylation sites is 1. The number of aromatic nitrogens is 5. The van der Waals surface area contributed by atoms with Crippen molar-refractivity contribution >= 4 is 10.9 Å². The van der Waals surface area contributed by atoms with E-state index in [9.17, 15) is 4.79 Å². The Labute approximate surface area is 207 Å². The number of hydrogen-bond donors (Lipinski definition) is 1. The minimum atomic E-state index is -0.250. The van der Waals surface area contributed by atoms with Gasteiger partial charge in [0, 0.05) is 38.3 Å². The fourth-order valence-electron chi connectivity index (χ4n) is 4.92. The second kappa shape index (κ2) is 10.6. The van der Waals surface area contributed by atoms with Crippen molar-refractivity contribution in [1.82, 2.24) is 35.0 Å². The zero-order valence-corrected chi connectivity index (χ0v) is 21.9. The van der Waals surface area contributed by atoms with Gasteiger partial charge in [-0.05, 0) is 61.1 Å². The van der Waals surface area contributed by atoms with Crippen LogP contribution in [-0.4, -0.2) is 74.4 Å². The molecule has 3 aromatic rings. The summed E-state index contributed by atoms with van der Waals surface area (Å²) in [7, 11) is 0. The van der Waals surface area contributed by atoms with E-state index >= 15 is 0 Å². The van der Waals surface area contributed by atoms with Gasteiger partial charge in [0.2, 0.25) is 0 Å². The number of morpholine rings is 1. The number of nitrogens with one attached hydrogen (secondary N) is 1. The molecule has 9 heteroatoms. The third-order valence-electron chi connectivity index (χ3n) is 6.76. The first-order valence-corrected chi connectivity index (χ1v) is 12.6. The van der Waals surface area contributed by atoms with Crippen molar-refractivity contribution in [1.29, 1.82) is 0 Å². The van der Waals surface area contributed by atoms with Gasteiger partial charge in [0.1, 0.15) is 0 Å². The van der Waals surface area contributed by atoms with E-state index in [4.69, 9.17) is 4.74 Å². The van der Waals surface area contributed by atoms with E-state index in [1.54, 1.807) is 0 Å². The molecule has 1 fully saturated rings. The lowest BCUT2D eigenvalue weighted by atomic mass is 9.99. The van der Waals surface area contributed by atoms with E-state index < -0.39 is 0 Å². The van der Waals surface area contributed by atoms with Crippen LogP contribution in [0, 0.1) is 12.8 Å². The smallest absolute Gasteiger partial charge is 0.252 e. The van der Waals surface area contributed by atoms with Crippen LogP contribution >= 0.6 is 0 Å². The quantitative estimate of drug-likeness (QED) is 0.528. The average molecular weight is 482 g/mol. The maximum absolute atomic E-state index is 13.2. The van der Waals surface area contributed by atoms with Crippen LogP contribution in [0.3, 0.4) is 0 Å². The molecule has 1 aromatic carbocycles. The van der Waals surface area contributed by atoms with Gasteiger partial charge < -0.3 is 9.72 Å². The predicted octanol–water partition coefficient (Wildman–Crippen LogP) is 3.11. The van der Waals surface area contributed by atoms with Crippen LogP contribution in [0.4, 0.5) is 0 Å². The molecular formula is C26H39N7O2. The van der Waals surface area contributed by atoms with Crippen molar-refractivity contribution in [3.05, 3.63) is 51.6 Å². The third-order valence-corrected chi connectivity index (χ3v) is 6.76. The Bertz CT molecular complexity index is 1190. The van der Waals surface area contributed by atoms with Gasteiger partial charge >= 0.3 is 0 Å². The van der Waals surface area contributed by atoms with Crippen LogP contribution in [-0.2, 0) is 16.8 Å². The Balaban J connectivity index is 1.71. The molecule has 1 aliphatic heterocycles. The van der Waals surface area contributed by atoms with Gasteiger partial charge in [-0.15, -0.1) is 5.10 Å². The van der Waals surface area contributed by atoms with Crippen molar-refractivity contribution in [2.75, 3.05) is 39.4 Å². The molecule has 9 nitrogen and oxygen atoms in total. The SMILES string of the molecule is Cc1cccc2cc(CN(CCN3CCOCC3)C(c3nnnn3C(C)(C)C)C(C)C)c(=O)[nH]c12. The van der Waals surface area contributed by atoms with Crippen LogP contribution in [0.2, 0.25) is 0 Å². The van der Waals surface area contributed by atoms with E-state index in [-0.39, 0.29) is 23.1 Å². The molecule has 1 aliphatic rings. The number of fused-ring (bicyclic) bond motifs is 1. The highest BCUT2D eigenvalue weighted by atomic mass is 16.5. The lowest BCUT2D eigenvalue weighted by Gasteiger charge is -2.37. The Morgan fingerprint density at radius 1 is 1.20 bits per heavy atom. The van der Waals surface area contributed by atoms with Crippen LogP contribution in [0.25, 0.3) is 10.9 Å². The number of pyridine rings is 1. The number of aromatic amines is 1. The number of hydrogen-bond acceptors (Lipinski definition) is 7. The average Bonchev–Trinajstić information content (AvgIpc) is 3.29. The van der Waals surface area contributed by atoms with E-state index in [1.165, 1.54) is 0 Å². The summed E-state index contributed by atoms with van der Waals surface area (Å²) in [6.45, 7) is 18.3. The molecule has 1 unspecified atom stereocenters. The molecule has 190 valence electrons. The van der Waals surface area contributed by atoms with Gasteiger partial charge in [0.25, 0.3) is 5.56 Å². The fraction of sp³-hybridized carbons (Fsp3) is 0.615. The summed E-state index contributed by atoms with van der Waals surface area (Å²) in [4.78, 5) is 21.1. The Hall–Kier alpha value is -2.62.